The molecule has 3 nitrogen and oxygen atoms in total. The van der Waals surface area contributed by atoms with Crippen molar-refractivity contribution >= 4 is 28.5 Å². The zero-order valence-corrected chi connectivity index (χ0v) is 17.3. The quantitative estimate of drug-likeness (QED) is 0.520. The van der Waals surface area contributed by atoms with Crippen LogP contribution in [0.25, 0.3) is 16.7 Å². The van der Waals surface area contributed by atoms with Crippen LogP contribution < -0.4 is 0 Å². The summed E-state index contributed by atoms with van der Waals surface area (Å²) in [6.07, 6.45) is 0. The van der Waals surface area contributed by atoms with E-state index in [4.69, 9.17) is 4.74 Å². The molecule has 1 heterocycles. The third-order valence-corrected chi connectivity index (χ3v) is 5.76. The Balaban J connectivity index is 1.86. The second-order valence-electron chi connectivity index (χ2n) is 7.77. The fraction of sp³-hybridized carbons (Fsp3) is 0.0714. The number of fused-ring (bicyclic) bond motifs is 1. The normalized spacial score (nSPS) is 16.1. The van der Waals surface area contributed by atoms with Gasteiger partial charge in [0.1, 0.15) is 0 Å². The molecular weight excluding hydrogens is 384 g/mol. The number of rotatable bonds is 3. The van der Waals surface area contributed by atoms with Crippen LogP contribution in [-0.4, -0.2) is 11.8 Å². The van der Waals surface area contributed by atoms with E-state index >= 15 is 0 Å². The zero-order chi connectivity index (χ0) is 21.5. The first-order valence-electron chi connectivity index (χ1n) is 10.2. The van der Waals surface area contributed by atoms with Gasteiger partial charge in [0.2, 0.25) is 0 Å². The van der Waals surface area contributed by atoms with Crippen molar-refractivity contribution in [2.24, 2.45) is 0 Å². The van der Waals surface area contributed by atoms with Crippen molar-refractivity contribution in [1.29, 1.82) is 0 Å². The summed E-state index contributed by atoms with van der Waals surface area (Å²) in [5, 5.41) is 0. The Hall–Kier alpha value is -3.98. The number of benzene rings is 3. The van der Waals surface area contributed by atoms with Crippen molar-refractivity contribution < 1.29 is 14.3 Å². The second-order valence-corrected chi connectivity index (χ2v) is 7.77. The summed E-state index contributed by atoms with van der Waals surface area (Å²) >= 11 is 0. The lowest BCUT2D eigenvalue weighted by molar-refractivity contribution is -0.131. The number of hydrogen-bond donors (Lipinski definition) is 0. The first-order valence-corrected chi connectivity index (χ1v) is 10.2. The van der Waals surface area contributed by atoms with Crippen LogP contribution in [0.1, 0.15) is 29.2 Å². The maximum absolute atomic E-state index is 13.5. The summed E-state index contributed by atoms with van der Waals surface area (Å²) in [7, 11) is 0. The molecule has 0 N–H and O–H groups in total. The van der Waals surface area contributed by atoms with E-state index in [1.807, 2.05) is 98.8 Å². The van der Waals surface area contributed by atoms with E-state index in [0.29, 0.717) is 28.1 Å². The number of allylic oxidation sites excluding steroid dienone is 3. The van der Waals surface area contributed by atoms with E-state index < -0.39 is 5.97 Å². The number of esters is 1. The Bertz CT molecular complexity index is 1310. The van der Waals surface area contributed by atoms with E-state index in [1.54, 1.807) is 0 Å². The van der Waals surface area contributed by atoms with Gasteiger partial charge >= 0.3 is 5.97 Å². The Morgan fingerprint density at radius 3 is 1.65 bits per heavy atom. The van der Waals surface area contributed by atoms with Crippen molar-refractivity contribution in [3.63, 3.8) is 0 Å². The number of carbonyl (C=O) groups excluding carboxylic acids is 2. The molecule has 3 aromatic rings. The van der Waals surface area contributed by atoms with E-state index in [-0.39, 0.29) is 5.78 Å². The Kier molecular flexibility index (Phi) is 4.52. The highest BCUT2D eigenvalue weighted by atomic mass is 16.5. The van der Waals surface area contributed by atoms with Crippen molar-refractivity contribution in [1.82, 2.24) is 0 Å². The summed E-state index contributed by atoms with van der Waals surface area (Å²) in [6, 6.07) is 26.9. The van der Waals surface area contributed by atoms with Gasteiger partial charge in [-0.15, -0.1) is 0 Å². The van der Waals surface area contributed by atoms with Crippen molar-refractivity contribution in [2.45, 2.75) is 13.8 Å². The monoisotopic (exact) mass is 404 g/mol. The fourth-order valence-electron chi connectivity index (χ4n) is 4.23. The van der Waals surface area contributed by atoms with E-state index in [9.17, 15) is 9.59 Å². The molecule has 31 heavy (non-hydrogen) atoms. The fourth-order valence-corrected chi connectivity index (χ4v) is 4.23. The summed E-state index contributed by atoms with van der Waals surface area (Å²) in [5.41, 5.74) is 6.49. The maximum Gasteiger partial charge on any atom is 0.344 e. The van der Waals surface area contributed by atoms with E-state index in [1.165, 1.54) is 0 Å². The van der Waals surface area contributed by atoms with Crippen LogP contribution in [0.15, 0.2) is 102 Å². The number of aryl methyl sites for hydroxylation is 1. The maximum atomic E-state index is 13.5. The first kappa shape index (κ1) is 19.0. The summed E-state index contributed by atoms with van der Waals surface area (Å²) in [6.45, 7) is 3.83. The summed E-state index contributed by atoms with van der Waals surface area (Å²) in [5.74, 6) is -0.207. The summed E-state index contributed by atoms with van der Waals surface area (Å²) in [4.78, 5) is 26.7. The Morgan fingerprint density at radius 1 is 0.548 bits per heavy atom. The van der Waals surface area contributed by atoms with Crippen LogP contribution in [0.4, 0.5) is 0 Å². The van der Waals surface area contributed by atoms with Crippen LogP contribution >= 0.6 is 0 Å². The van der Waals surface area contributed by atoms with Crippen molar-refractivity contribution in [2.75, 3.05) is 0 Å². The number of ether oxygens (including phenoxy) is 1. The molecule has 0 bridgehead atoms. The summed E-state index contributed by atoms with van der Waals surface area (Å²) < 4.78 is 5.81. The largest absolute Gasteiger partial charge is 0.421 e. The third kappa shape index (κ3) is 3.06. The predicted octanol–water partition coefficient (Wildman–Crippen LogP) is 5.77. The lowest BCUT2D eigenvalue weighted by Gasteiger charge is -2.23. The number of hydrogen-bond acceptors (Lipinski definition) is 3. The molecule has 0 fully saturated rings. The van der Waals surface area contributed by atoms with Gasteiger partial charge in [-0.3, -0.25) is 4.79 Å². The minimum atomic E-state index is -0.432. The number of ketones is 1. The predicted molar refractivity (Wildman–Crippen MR) is 122 cm³/mol. The number of Topliss-reactive ketones (excluding diaryl/α,β-unsaturated/α-hetero) is 1. The number of carbonyl (C=O) groups is 2. The molecule has 0 saturated carbocycles. The molecule has 0 atom stereocenters. The second kappa shape index (κ2) is 7.37. The zero-order valence-electron chi connectivity index (χ0n) is 17.3. The van der Waals surface area contributed by atoms with Gasteiger partial charge in [0.15, 0.2) is 11.5 Å². The lowest BCUT2D eigenvalue weighted by atomic mass is 9.79. The molecule has 5 rings (SSSR count). The van der Waals surface area contributed by atoms with Gasteiger partial charge in [-0.25, -0.2) is 4.79 Å². The first-order chi connectivity index (χ1) is 15.1. The van der Waals surface area contributed by atoms with Crippen molar-refractivity contribution in [3.8, 4) is 0 Å². The van der Waals surface area contributed by atoms with E-state index in [2.05, 4.69) is 0 Å². The van der Waals surface area contributed by atoms with Gasteiger partial charge in [0.05, 0.1) is 11.1 Å². The molecule has 2 aliphatic rings. The molecule has 1 aliphatic heterocycles. The highest BCUT2D eigenvalue weighted by Crippen LogP contribution is 2.49. The van der Waals surface area contributed by atoms with Crippen LogP contribution in [-0.2, 0) is 14.3 Å². The van der Waals surface area contributed by atoms with Crippen LogP contribution in [0.5, 0.6) is 0 Å². The standard InChI is InChI=1S/C28H20O3/c1-17-13-15-21(16-14-17)23-25-22(19-9-5-3-6-10-19)18(2)26(29)24(27(25)31-28(23)30)20-11-7-4-8-12-20/h3-16H,1-2H3. The highest BCUT2D eigenvalue weighted by Gasteiger charge is 2.41. The lowest BCUT2D eigenvalue weighted by Crippen LogP contribution is -2.16. The minimum absolute atomic E-state index is 0.123. The molecule has 0 aromatic heterocycles. The average molecular weight is 404 g/mol. The molecule has 3 aromatic carbocycles. The molecule has 0 radical (unpaired) electrons. The molecule has 150 valence electrons. The van der Waals surface area contributed by atoms with Gasteiger partial charge in [-0.2, -0.15) is 0 Å². The Morgan fingerprint density at radius 2 is 1.06 bits per heavy atom. The van der Waals surface area contributed by atoms with E-state index in [0.717, 1.165) is 27.8 Å². The van der Waals surface area contributed by atoms with Gasteiger partial charge in [0.25, 0.3) is 0 Å². The van der Waals surface area contributed by atoms with Gasteiger partial charge in [0, 0.05) is 16.7 Å². The highest BCUT2D eigenvalue weighted by molar-refractivity contribution is 6.39. The van der Waals surface area contributed by atoms with Gasteiger partial charge < -0.3 is 4.74 Å². The molecule has 1 aliphatic carbocycles. The van der Waals surface area contributed by atoms with Gasteiger partial charge in [-0.05, 0) is 30.5 Å². The van der Waals surface area contributed by atoms with Crippen LogP contribution in [0.2, 0.25) is 0 Å². The minimum Gasteiger partial charge on any atom is -0.421 e. The molecule has 3 heteroatoms. The third-order valence-electron chi connectivity index (χ3n) is 5.76. The average Bonchev–Trinajstić information content (AvgIpc) is 3.12. The van der Waals surface area contributed by atoms with Crippen LogP contribution in [0.3, 0.4) is 0 Å². The molecule has 0 unspecified atom stereocenters. The molecule has 0 saturated heterocycles. The SMILES string of the molecule is CC1=C(c2ccccc2)C2=C(c3ccc(C)cc3)C(=O)OC2=C(c2ccccc2)C1=O. The molecule has 0 spiro atoms. The smallest absolute Gasteiger partial charge is 0.344 e. The Labute approximate surface area is 181 Å². The van der Waals surface area contributed by atoms with Gasteiger partial charge in [-0.1, -0.05) is 90.5 Å². The topological polar surface area (TPSA) is 43.4 Å². The molecule has 0 amide bonds. The molecular formula is C28H20O3. The van der Waals surface area contributed by atoms with Crippen LogP contribution in [0, 0.1) is 6.92 Å². The van der Waals surface area contributed by atoms with Crippen molar-refractivity contribution in [3.05, 3.63) is 124 Å².